The van der Waals surface area contributed by atoms with Crippen molar-refractivity contribution in [2.24, 2.45) is 5.73 Å². The number of nitrogens with two attached hydrogens (primary N) is 1. The first kappa shape index (κ1) is 13.7. The Labute approximate surface area is 110 Å². The molecule has 0 saturated heterocycles. The minimum Gasteiger partial charge on any atom is -0.464 e. The van der Waals surface area contributed by atoms with Gasteiger partial charge in [0.15, 0.2) is 6.33 Å². The van der Waals surface area contributed by atoms with Gasteiger partial charge in [-0.05, 0) is 6.92 Å². The highest BCUT2D eigenvalue weighted by molar-refractivity contribution is 7.89. The third-order valence-corrected chi connectivity index (χ3v) is 4.02. The molecule has 0 unspecified atom stereocenters. The molecule has 0 aromatic carbocycles. The first-order chi connectivity index (χ1) is 9.03. The molecule has 2 heterocycles. The standard InChI is InChI=1S/C10H14N4O4S/c1-7-9(4-8(5-11)17-7)19(15,16)14-3-2-10-12-6-13-18-10/h4,6,14H,2-3,5,11H2,1H3. The number of hydrogen-bond donors (Lipinski definition) is 2. The lowest BCUT2D eigenvalue weighted by Gasteiger charge is -2.03. The van der Waals surface area contributed by atoms with E-state index in [0.29, 0.717) is 23.8 Å². The van der Waals surface area contributed by atoms with Crippen LogP contribution in [0.1, 0.15) is 17.4 Å². The van der Waals surface area contributed by atoms with Crippen LogP contribution in [-0.2, 0) is 23.0 Å². The molecule has 0 saturated carbocycles. The maximum atomic E-state index is 12.0. The highest BCUT2D eigenvalue weighted by Gasteiger charge is 2.20. The van der Waals surface area contributed by atoms with Gasteiger partial charge in [-0.15, -0.1) is 0 Å². The van der Waals surface area contributed by atoms with Gasteiger partial charge in [-0.1, -0.05) is 5.16 Å². The predicted octanol–water partition coefficient (Wildman–Crippen LogP) is -0.0493. The lowest BCUT2D eigenvalue weighted by molar-refractivity contribution is 0.377. The minimum atomic E-state index is -3.62. The topological polar surface area (TPSA) is 124 Å². The zero-order valence-corrected chi connectivity index (χ0v) is 11.1. The van der Waals surface area contributed by atoms with Crippen LogP contribution in [0.5, 0.6) is 0 Å². The van der Waals surface area contributed by atoms with Crippen LogP contribution in [0.4, 0.5) is 0 Å². The van der Waals surface area contributed by atoms with E-state index in [9.17, 15) is 8.42 Å². The van der Waals surface area contributed by atoms with Gasteiger partial charge in [0, 0.05) is 19.0 Å². The molecule has 0 atom stereocenters. The Balaban J connectivity index is 2.03. The maximum absolute atomic E-state index is 12.0. The van der Waals surface area contributed by atoms with Crippen LogP contribution >= 0.6 is 0 Å². The second kappa shape index (κ2) is 5.51. The van der Waals surface area contributed by atoms with Crippen molar-refractivity contribution in [3.8, 4) is 0 Å². The summed E-state index contributed by atoms with van der Waals surface area (Å²) in [6.45, 7) is 1.89. The molecule has 2 aromatic heterocycles. The first-order valence-electron chi connectivity index (χ1n) is 5.57. The van der Waals surface area contributed by atoms with Gasteiger partial charge < -0.3 is 14.7 Å². The summed E-state index contributed by atoms with van der Waals surface area (Å²) in [5.74, 6) is 1.11. The molecule has 0 aliphatic carbocycles. The van der Waals surface area contributed by atoms with Gasteiger partial charge in [-0.25, -0.2) is 13.1 Å². The van der Waals surface area contributed by atoms with Crippen LogP contribution < -0.4 is 10.5 Å². The van der Waals surface area contributed by atoms with Gasteiger partial charge in [0.05, 0.1) is 6.54 Å². The number of hydrogen-bond acceptors (Lipinski definition) is 7. The largest absolute Gasteiger partial charge is 0.464 e. The van der Waals surface area contributed by atoms with Crippen LogP contribution in [0.3, 0.4) is 0 Å². The molecule has 19 heavy (non-hydrogen) atoms. The molecule has 0 amide bonds. The van der Waals surface area contributed by atoms with E-state index < -0.39 is 10.0 Å². The third-order valence-electron chi connectivity index (χ3n) is 2.45. The van der Waals surface area contributed by atoms with Crippen molar-refractivity contribution >= 4 is 10.0 Å². The zero-order chi connectivity index (χ0) is 13.9. The van der Waals surface area contributed by atoms with E-state index in [4.69, 9.17) is 14.7 Å². The Morgan fingerprint density at radius 2 is 2.26 bits per heavy atom. The molecule has 8 nitrogen and oxygen atoms in total. The number of nitrogens with zero attached hydrogens (tertiary/aromatic N) is 2. The predicted molar refractivity (Wildman–Crippen MR) is 64.5 cm³/mol. The Bertz CT molecular complexity index is 633. The zero-order valence-electron chi connectivity index (χ0n) is 10.3. The average Bonchev–Trinajstić information content (AvgIpc) is 2.98. The fraction of sp³-hybridized carbons (Fsp3) is 0.400. The summed E-state index contributed by atoms with van der Waals surface area (Å²) in [6, 6.07) is 1.42. The van der Waals surface area contributed by atoms with E-state index in [-0.39, 0.29) is 18.0 Å². The van der Waals surface area contributed by atoms with Gasteiger partial charge in [0.2, 0.25) is 15.9 Å². The van der Waals surface area contributed by atoms with E-state index >= 15 is 0 Å². The lowest BCUT2D eigenvalue weighted by atomic mass is 10.4. The molecule has 9 heteroatoms. The SMILES string of the molecule is Cc1oc(CN)cc1S(=O)(=O)NCCc1ncno1. The molecule has 0 aliphatic heterocycles. The molecule has 0 aliphatic rings. The number of nitrogens with one attached hydrogen (secondary N) is 1. The number of sulfonamides is 1. The number of aromatic nitrogens is 2. The van der Waals surface area contributed by atoms with Gasteiger partial charge in [0.1, 0.15) is 16.4 Å². The second-order valence-corrected chi connectivity index (χ2v) is 5.56. The molecular formula is C10H14N4O4S. The fourth-order valence-electron chi connectivity index (χ4n) is 1.57. The van der Waals surface area contributed by atoms with Crippen LogP contribution in [0, 0.1) is 6.92 Å². The Kier molecular flexibility index (Phi) is 3.98. The molecule has 0 fully saturated rings. The molecule has 104 valence electrons. The Morgan fingerprint density at radius 1 is 1.47 bits per heavy atom. The fourth-order valence-corrected chi connectivity index (χ4v) is 2.80. The summed E-state index contributed by atoms with van der Waals surface area (Å²) in [5, 5.41) is 3.43. The second-order valence-electron chi connectivity index (χ2n) is 3.82. The van der Waals surface area contributed by atoms with Crippen molar-refractivity contribution in [2.45, 2.75) is 24.8 Å². The van der Waals surface area contributed by atoms with E-state index in [1.54, 1.807) is 6.92 Å². The van der Waals surface area contributed by atoms with Crippen LogP contribution in [-0.4, -0.2) is 25.1 Å². The van der Waals surface area contributed by atoms with Crippen molar-refractivity contribution < 1.29 is 17.4 Å². The number of furan rings is 1. The summed E-state index contributed by atoms with van der Waals surface area (Å²) in [5.41, 5.74) is 5.40. The van der Waals surface area contributed by atoms with E-state index in [2.05, 4.69) is 14.9 Å². The quantitative estimate of drug-likeness (QED) is 0.762. The minimum absolute atomic E-state index is 0.0958. The molecule has 2 aromatic rings. The van der Waals surface area contributed by atoms with Gasteiger partial charge in [0.25, 0.3) is 0 Å². The molecule has 0 radical (unpaired) electrons. The lowest BCUT2D eigenvalue weighted by Crippen LogP contribution is -2.26. The highest BCUT2D eigenvalue weighted by Crippen LogP contribution is 2.19. The number of rotatable bonds is 6. The Morgan fingerprint density at radius 3 is 2.84 bits per heavy atom. The van der Waals surface area contributed by atoms with Crippen LogP contribution in [0.25, 0.3) is 0 Å². The van der Waals surface area contributed by atoms with Crippen molar-refractivity contribution in [3.63, 3.8) is 0 Å². The Hall–Kier alpha value is -1.71. The van der Waals surface area contributed by atoms with Crippen molar-refractivity contribution in [2.75, 3.05) is 6.54 Å². The molecule has 3 N–H and O–H groups in total. The first-order valence-corrected chi connectivity index (χ1v) is 7.06. The van der Waals surface area contributed by atoms with Crippen molar-refractivity contribution in [1.82, 2.24) is 14.9 Å². The summed E-state index contributed by atoms with van der Waals surface area (Å²) >= 11 is 0. The monoisotopic (exact) mass is 286 g/mol. The molecule has 0 spiro atoms. The summed E-state index contributed by atoms with van der Waals surface area (Å²) in [6.07, 6.45) is 1.58. The highest BCUT2D eigenvalue weighted by atomic mass is 32.2. The molecule has 0 bridgehead atoms. The van der Waals surface area contributed by atoms with E-state index in [1.807, 2.05) is 0 Å². The van der Waals surface area contributed by atoms with Crippen LogP contribution in [0.2, 0.25) is 0 Å². The summed E-state index contributed by atoms with van der Waals surface area (Å²) < 4.78 is 36.5. The summed E-state index contributed by atoms with van der Waals surface area (Å²) in [7, 11) is -3.62. The van der Waals surface area contributed by atoms with Crippen LogP contribution in [0.15, 0.2) is 26.2 Å². The van der Waals surface area contributed by atoms with Gasteiger partial charge in [-0.3, -0.25) is 0 Å². The summed E-state index contributed by atoms with van der Waals surface area (Å²) in [4.78, 5) is 3.89. The third kappa shape index (κ3) is 3.19. The van der Waals surface area contributed by atoms with E-state index in [1.165, 1.54) is 12.4 Å². The number of aryl methyl sites for hydroxylation is 1. The smallest absolute Gasteiger partial charge is 0.244 e. The maximum Gasteiger partial charge on any atom is 0.244 e. The van der Waals surface area contributed by atoms with E-state index in [0.717, 1.165) is 0 Å². The molecular weight excluding hydrogens is 272 g/mol. The molecule has 2 rings (SSSR count). The van der Waals surface area contributed by atoms with Crippen molar-refractivity contribution in [3.05, 3.63) is 29.8 Å². The average molecular weight is 286 g/mol. The van der Waals surface area contributed by atoms with Gasteiger partial charge >= 0.3 is 0 Å². The normalized spacial score (nSPS) is 11.9. The van der Waals surface area contributed by atoms with Crippen molar-refractivity contribution in [1.29, 1.82) is 0 Å². The van der Waals surface area contributed by atoms with Gasteiger partial charge in [-0.2, -0.15) is 4.98 Å².